The first-order valence-corrected chi connectivity index (χ1v) is 7.14. The molecule has 0 bridgehead atoms. The van der Waals surface area contributed by atoms with Crippen LogP contribution in [0.15, 0.2) is 18.2 Å². The average Bonchev–Trinajstić information content (AvgIpc) is 2.53. The molecule has 0 aliphatic carbocycles. The van der Waals surface area contributed by atoms with Gasteiger partial charge in [-0.3, -0.25) is 0 Å². The van der Waals surface area contributed by atoms with E-state index in [0.717, 1.165) is 31.2 Å². The largest absolute Gasteiger partial charge is 0.493 e. The normalized spacial score (nSPS) is 19.2. The zero-order chi connectivity index (χ0) is 13.0. The lowest BCUT2D eigenvalue weighted by molar-refractivity contribution is 0.313. The van der Waals surface area contributed by atoms with Crippen molar-refractivity contribution in [3.05, 3.63) is 29.3 Å². The van der Waals surface area contributed by atoms with Gasteiger partial charge in [0.05, 0.1) is 6.61 Å². The molecule has 2 nitrogen and oxygen atoms in total. The monoisotopic (exact) mass is 247 g/mol. The summed E-state index contributed by atoms with van der Waals surface area (Å²) in [6.07, 6.45) is 3.54. The van der Waals surface area contributed by atoms with Crippen LogP contribution in [-0.2, 0) is 0 Å². The molecule has 0 amide bonds. The molecule has 1 aliphatic rings. The predicted molar refractivity (Wildman–Crippen MR) is 76.1 cm³/mol. The van der Waals surface area contributed by atoms with E-state index in [0.29, 0.717) is 6.04 Å². The van der Waals surface area contributed by atoms with Gasteiger partial charge in [0.15, 0.2) is 0 Å². The van der Waals surface area contributed by atoms with Crippen molar-refractivity contribution in [1.82, 2.24) is 5.32 Å². The van der Waals surface area contributed by atoms with Crippen LogP contribution in [0.3, 0.4) is 0 Å². The maximum atomic E-state index is 5.90. The smallest absolute Gasteiger partial charge is 0.126 e. The zero-order valence-corrected chi connectivity index (χ0v) is 11.8. The summed E-state index contributed by atoms with van der Waals surface area (Å²) in [6, 6.07) is 6.94. The van der Waals surface area contributed by atoms with Crippen molar-refractivity contribution in [3.63, 3.8) is 0 Å². The van der Waals surface area contributed by atoms with Crippen LogP contribution >= 0.6 is 0 Å². The summed E-state index contributed by atoms with van der Waals surface area (Å²) < 4.78 is 5.90. The van der Waals surface area contributed by atoms with Crippen molar-refractivity contribution in [2.24, 2.45) is 5.92 Å². The van der Waals surface area contributed by atoms with Crippen LogP contribution < -0.4 is 10.1 Å². The number of nitrogens with one attached hydrogen (secondary N) is 1. The van der Waals surface area contributed by atoms with Gasteiger partial charge in [0.1, 0.15) is 5.75 Å². The van der Waals surface area contributed by atoms with Gasteiger partial charge in [0.2, 0.25) is 0 Å². The summed E-state index contributed by atoms with van der Waals surface area (Å²) in [7, 11) is 0. The molecule has 0 fully saturated rings. The summed E-state index contributed by atoms with van der Waals surface area (Å²) in [6.45, 7) is 8.62. The first kappa shape index (κ1) is 13.4. The SMILES string of the molecule is Cc1cccc2c1OCCCC2NCCC(C)C. The number of ether oxygens (including phenoxy) is 1. The first-order chi connectivity index (χ1) is 8.68. The Bertz CT molecular complexity index is 387. The molecule has 0 saturated carbocycles. The van der Waals surface area contributed by atoms with E-state index in [1.807, 2.05) is 0 Å². The van der Waals surface area contributed by atoms with Crippen molar-refractivity contribution < 1.29 is 4.74 Å². The van der Waals surface area contributed by atoms with Crippen LogP contribution in [-0.4, -0.2) is 13.2 Å². The molecule has 1 atom stereocenters. The van der Waals surface area contributed by atoms with Gasteiger partial charge in [-0.25, -0.2) is 0 Å². The van der Waals surface area contributed by atoms with E-state index < -0.39 is 0 Å². The van der Waals surface area contributed by atoms with E-state index >= 15 is 0 Å². The van der Waals surface area contributed by atoms with Crippen molar-refractivity contribution >= 4 is 0 Å². The van der Waals surface area contributed by atoms with Gasteiger partial charge in [-0.1, -0.05) is 32.0 Å². The van der Waals surface area contributed by atoms with E-state index in [-0.39, 0.29) is 0 Å². The molecule has 1 unspecified atom stereocenters. The van der Waals surface area contributed by atoms with Gasteiger partial charge in [-0.2, -0.15) is 0 Å². The van der Waals surface area contributed by atoms with E-state index in [1.165, 1.54) is 24.0 Å². The Morgan fingerprint density at radius 2 is 2.22 bits per heavy atom. The van der Waals surface area contributed by atoms with Crippen LogP contribution in [0, 0.1) is 12.8 Å². The molecule has 1 N–H and O–H groups in total. The molecule has 1 aromatic rings. The highest BCUT2D eigenvalue weighted by Gasteiger charge is 2.20. The maximum Gasteiger partial charge on any atom is 0.126 e. The number of aryl methyl sites for hydroxylation is 1. The van der Waals surface area contributed by atoms with Crippen molar-refractivity contribution in [2.45, 2.75) is 46.1 Å². The highest BCUT2D eigenvalue weighted by atomic mass is 16.5. The number of benzene rings is 1. The Morgan fingerprint density at radius 3 is 3.00 bits per heavy atom. The van der Waals surface area contributed by atoms with Crippen molar-refractivity contribution in [3.8, 4) is 5.75 Å². The van der Waals surface area contributed by atoms with E-state index in [4.69, 9.17) is 4.74 Å². The molecule has 0 saturated heterocycles. The third kappa shape index (κ3) is 3.26. The molecule has 100 valence electrons. The second-order valence-electron chi connectivity index (χ2n) is 5.67. The topological polar surface area (TPSA) is 21.3 Å². The Labute approximate surface area is 111 Å². The van der Waals surface area contributed by atoms with Crippen LogP contribution in [0.1, 0.15) is 50.3 Å². The quantitative estimate of drug-likeness (QED) is 0.872. The van der Waals surface area contributed by atoms with Gasteiger partial charge >= 0.3 is 0 Å². The van der Waals surface area contributed by atoms with Crippen molar-refractivity contribution in [2.75, 3.05) is 13.2 Å². The fraction of sp³-hybridized carbons (Fsp3) is 0.625. The van der Waals surface area contributed by atoms with Crippen LogP contribution in [0.25, 0.3) is 0 Å². The minimum atomic E-state index is 0.459. The molecular weight excluding hydrogens is 222 g/mol. The van der Waals surface area contributed by atoms with Crippen LogP contribution in [0.5, 0.6) is 5.75 Å². The lowest BCUT2D eigenvalue weighted by Crippen LogP contribution is -2.23. The molecule has 0 radical (unpaired) electrons. The molecule has 1 aliphatic heterocycles. The standard InChI is InChI=1S/C16H25NO/c1-12(2)9-10-17-15-8-5-11-18-16-13(3)6-4-7-14(15)16/h4,6-7,12,15,17H,5,8-11H2,1-3H3. The molecule has 2 heteroatoms. The molecule has 0 spiro atoms. The molecule has 1 heterocycles. The number of para-hydroxylation sites is 1. The Kier molecular flexibility index (Phi) is 4.65. The van der Waals surface area contributed by atoms with Gasteiger partial charge in [-0.15, -0.1) is 0 Å². The lowest BCUT2D eigenvalue weighted by atomic mass is 9.99. The molecule has 18 heavy (non-hydrogen) atoms. The number of hydrogen-bond donors (Lipinski definition) is 1. The highest BCUT2D eigenvalue weighted by molar-refractivity contribution is 5.43. The van der Waals surface area contributed by atoms with Gasteiger partial charge in [0, 0.05) is 11.6 Å². The van der Waals surface area contributed by atoms with E-state index in [1.54, 1.807) is 0 Å². The minimum Gasteiger partial charge on any atom is -0.493 e. The van der Waals surface area contributed by atoms with E-state index in [9.17, 15) is 0 Å². The second kappa shape index (κ2) is 6.24. The Balaban J connectivity index is 2.10. The fourth-order valence-electron chi connectivity index (χ4n) is 2.52. The summed E-state index contributed by atoms with van der Waals surface area (Å²) in [5.41, 5.74) is 2.60. The molecule has 2 rings (SSSR count). The van der Waals surface area contributed by atoms with Crippen LogP contribution in [0.2, 0.25) is 0 Å². The van der Waals surface area contributed by atoms with Gasteiger partial charge in [-0.05, 0) is 44.2 Å². The Morgan fingerprint density at radius 1 is 1.39 bits per heavy atom. The first-order valence-electron chi connectivity index (χ1n) is 7.14. The van der Waals surface area contributed by atoms with E-state index in [2.05, 4.69) is 44.3 Å². The summed E-state index contributed by atoms with van der Waals surface area (Å²) in [5.74, 6) is 1.87. The number of fused-ring (bicyclic) bond motifs is 1. The maximum absolute atomic E-state index is 5.90. The van der Waals surface area contributed by atoms with Gasteiger partial charge < -0.3 is 10.1 Å². The summed E-state index contributed by atoms with van der Waals surface area (Å²) in [5, 5.41) is 3.70. The summed E-state index contributed by atoms with van der Waals surface area (Å²) >= 11 is 0. The van der Waals surface area contributed by atoms with Crippen LogP contribution in [0.4, 0.5) is 0 Å². The summed E-state index contributed by atoms with van der Waals surface area (Å²) in [4.78, 5) is 0. The minimum absolute atomic E-state index is 0.459. The molecule has 1 aromatic carbocycles. The lowest BCUT2D eigenvalue weighted by Gasteiger charge is -2.20. The molecular formula is C16H25NO. The zero-order valence-electron chi connectivity index (χ0n) is 11.8. The predicted octanol–water partition coefficient (Wildman–Crippen LogP) is 3.84. The van der Waals surface area contributed by atoms with Crippen molar-refractivity contribution in [1.29, 1.82) is 0 Å². The molecule has 0 aromatic heterocycles. The Hall–Kier alpha value is -1.02. The average molecular weight is 247 g/mol. The fourth-order valence-corrected chi connectivity index (χ4v) is 2.52. The number of hydrogen-bond acceptors (Lipinski definition) is 2. The number of rotatable bonds is 4. The van der Waals surface area contributed by atoms with Gasteiger partial charge in [0.25, 0.3) is 0 Å². The third-order valence-corrected chi connectivity index (χ3v) is 3.61. The third-order valence-electron chi connectivity index (χ3n) is 3.61. The highest BCUT2D eigenvalue weighted by Crippen LogP contribution is 2.33. The second-order valence-corrected chi connectivity index (χ2v) is 5.67.